The number of piperazine rings is 1. The number of fused-ring (bicyclic) bond motifs is 1. The van der Waals surface area contributed by atoms with Gasteiger partial charge in [0.15, 0.2) is 11.6 Å². The van der Waals surface area contributed by atoms with Crippen molar-refractivity contribution in [2.75, 3.05) is 31.1 Å². The molecule has 0 saturated carbocycles. The van der Waals surface area contributed by atoms with E-state index < -0.39 is 0 Å². The average molecular weight is 358 g/mol. The topological polar surface area (TPSA) is 60.9 Å². The van der Waals surface area contributed by atoms with Gasteiger partial charge in [0.1, 0.15) is 6.33 Å². The number of hydrogen-bond donors (Lipinski definition) is 1. The van der Waals surface area contributed by atoms with E-state index >= 15 is 0 Å². The standard InChI is InChI=1S/C19H27FN6/c1-13(2)18-17(20)19(22-12-21-18)26-9-7-25(8-10-26)11-16-14-5-3-4-6-15(14)23-24-16/h12-13H,3-11H2,1-2H3,(H,23,24). The number of aromatic nitrogens is 4. The Kier molecular flexibility index (Phi) is 4.89. The van der Waals surface area contributed by atoms with Crippen molar-refractivity contribution in [3.63, 3.8) is 0 Å². The van der Waals surface area contributed by atoms with Gasteiger partial charge in [-0.3, -0.25) is 10.00 Å². The van der Waals surface area contributed by atoms with Gasteiger partial charge in [0.2, 0.25) is 0 Å². The fraction of sp³-hybridized carbons (Fsp3) is 0.632. The van der Waals surface area contributed by atoms with E-state index in [0.717, 1.165) is 45.6 Å². The largest absolute Gasteiger partial charge is 0.352 e. The SMILES string of the molecule is CC(C)c1ncnc(N2CCN(Cc3n[nH]c4c3CCCC4)CC2)c1F. The highest BCUT2D eigenvalue weighted by atomic mass is 19.1. The number of nitrogens with zero attached hydrogens (tertiary/aromatic N) is 5. The third kappa shape index (κ3) is 3.32. The second-order valence-electron chi connectivity index (χ2n) is 7.65. The maximum absolute atomic E-state index is 14.7. The molecule has 4 rings (SSSR count). The van der Waals surface area contributed by atoms with Gasteiger partial charge in [0.05, 0.1) is 11.4 Å². The number of hydrogen-bond acceptors (Lipinski definition) is 5. The Morgan fingerprint density at radius 2 is 1.88 bits per heavy atom. The molecule has 7 heteroatoms. The Hall–Kier alpha value is -2.02. The lowest BCUT2D eigenvalue weighted by Gasteiger charge is -2.35. The van der Waals surface area contributed by atoms with Crippen LogP contribution in [0.2, 0.25) is 0 Å². The number of anilines is 1. The molecule has 1 N–H and O–H groups in total. The van der Waals surface area contributed by atoms with Crippen LogP contribution in [0.5, 0.6) is 0 Å². The molecule has 3 heterocycles. The van der Waals surface area contributed by atoms with Crippen molar-refractivity contribution in [3.8, 4) is 0 Å². The second-order valence-corrected chi connectivity index (χ2v) is 7.65. The third-order valence-corrected chi connectivity index (χ3v) is 5.53. The van der Waals surface area contributed by atoms with Crippen molar-refractivity contribution in [3.05, 3.63) is 34.8 Å². The maximum atomic E-state index is 14.7. The zero-order chi connectivity index (χ0) is 18.1. The minimum Gasteiger partial charge on any atom is -0.352 e. The number of aryl methyl sites for hydroxylation is 1. The van der Waals surface area contributed by atoms with Gasteiger partial charge in [-0.05, 0) is 37.2 Å². The Labute approximate surface area is 153 Å². The molecule has 26 heavy (non-hydrogen) atoms. The molecule has 1 saturated heterocycles. The monoisotopic (exact) mass is 358 g/mol. The summed E-state index contributed by atoms with van der Waals surface area (Å²) in [6.45, 7) is 8.12. The zero-order valence-electron chi connectivity index (χ0n) is 15.6. The predicted molar refractivity (Wildman–Crippen MR) is 98.8 cm³/mol. The number of halogens is 1. The Balaban J connectivity index is 1.40. The fourth-order valence-corrected chi connectivity index (χ4v) is 4.01. The molecule has 2 aliphatic rings. The van der Waals surface area contributed by atoms with Crippen LogP contribution in [0.3, 0.4) is 0 Å². The lowest BCUT2D eigenvalue weighted by Crippen LogP contribution is -2.46. The zero-order valence-corrected chi connectivity index (χ0v) is 15.6. The predicted octanol–water partition coefficient (Wildman–Crippen LogP) is 2.66. The van der Waals surface area contributed by atoms with Crippen molar-refractivity contribution in [2.24, 2.45) is 0 Å². The minimum atomic E-state index is -0.266. The summed E-state index contributed by atoms with van der Waals surface area (Å²) >= 11 is 0. The van der Waals surface area contributed by atoms with E-state index in [0.29, 0.717) is 11.5 Å². The van der Waals surface area contributed by atoms with E-state index in [1.54, 1.807) is 0 Å². The molecule has 1 fully saturated rings. The normalized spacial score (nSPS) is 18.4. The number of aromatic amines is 1. The van der Waals surface area contributed by atoms with Crippen molar-refractivity contribution >= 4 is 5.82 Å². The molecule has 0 spiro atoms. The third-order valence-electron chi connectivity index (χ3n) is 5.53. The van der Waals surface area contributed by atoms with E-state index in [2.05, 4.69) is 25.1 Å². The van der Waals surface area contributed by atoms with Crippen molar-refractivity contribution in [2.45, 2.75) is 52.0 Å². The first-order valence-corrected chi connectivity index (χ1v) is 9.66. The summed E-state index contributed by atoms with van der Waals surface area (Å²) in [6.07, 6.45) is 6.28. The van der Waals surface area contributed by atoms with Crippen molar-refractivity contribution < 1.29 is 4.39 Å². The average Bonchev–Trinajstić information content (AvgIpc) is 3.06. The van der Waals surface area contributed by atoms with Gasteiger partial charge >= 0.3 is 0 Å². The summed E-state index contributed by atoms with van der Waals surface area (Å²) in [7, 11) is 0. The lowest BCUT2D eigenvalue weighted by molar-refractivity contribution is 0.245. The molecule has 2 aromatic heterocycles. The van der Waals surface area contributed by atoms with E-state index in [1.165, 1.54) is 36.1 Å². The Morgan fingerprint density at radius 3 is 2.65 bits per heavy atom. The highest BCUT2D eigenvalue weighted by molar-refractivity contribution is 5.42. The van der Waals surface area contributed by atoms with E-state index in [-0.39, 0.29) is 11.7 Å². The van der Waals surface area contributed by atoms with Gasteiger partial charge in [-0.2, -0.15) is 5.10 Å². The Morgan fingerprint density at radius 1 is 1.12 bits per heavy atom. The number of rotatable bonds is 4. The van der Waals surface area contributed by atoms with Crippen LogP contribution >= 0.6 is 0 Å². The highest BCUT2D eigenvalue weighted by Gasteiger charge is 2.25. The summed E-state index contributed by atoms with van der Waals surface area (Å²) in [4.78, 5) is 12.8. The molecule has 1 aliphatic heterocycles. The van der Waals surface area contributed by atoms with E-state index in [9.17, 15) is 4.39 Å². The van der Waals surface area contributed by atoms with Crippen LogP contribution < -0.4 is 4.90 Å². The second kappa shape index (κ2) is 7.31. The lowest BCUT2D eigenvalue weighted by atomic mass is 9.96. The molecular weight excluding hydrogens is 331 g/mol. The van der Waals surface area contributed by atoms with Crippen molar-refractivity contribution in [1.29, 1.82) is 0 Å². The van der Waals surface area contributed by atoms with Gasteiger partial charge in [0, 0.05) is 38.4 Å². The molecular formula is C19H27FN6. The van der Waals surface area contributed by atoms with Crippen LogP contribution in [0, 0.1) is 5.82 Å². The molecule has 6 nitrogen and oxygen atoms in total. The quantitative estimate of drug-likeness (QED) is 0.910. The maximum Gasteiger partial charge on any atom is 0.187 e. The molecule has 0 amide bonds. The van der Waals surface area contributed by atoms with Crippen LogP contribution in [0.1, 0.15) is 55.3 Å². The molecule has 0 atom stereocenters. The molecule has 140 valence electrons. The molecule has 0 aromatic carbocycles. The summed E-state index contributed by atoms with van der Waals surface area (Å²) in [5.74, 6) is 0.238. The highest BCUT2D eigenvalue weighted by Crippen LogP contribution is 2.26. The first-order chi connectivity index (χ1) is 12.6. The van der Waals surface area contributed by atoms with E-state index in [1.807, 2.05) is 18.7 Å². The molecule has 1 aliphatic carbocycles. The molecule has 2 aromatic rings. The van der Waals surface area contributed by atoms with Gasteiger partial charge in [-0.15, -0.1) is 0 Å². The Bertz CT molecular complexity index is 763. The van der Waals surface area contributed by atoms with Gasteiger partial charge in [0.25, 0.3) is 0 Å². The smallest absolute Gasteiger partial charge is 0.187 e. The molecule has 0 unspecified atom stereocenters. The summed E-state index contributed by atoms with van der Waals surface area (Å²) < 4.78 is 14.7. The van der Waals surface area contributed by atoms with Crippen molar-refractivity contribution in [1.82, 2.24) is 25.1 Å². The first-order valence-electron chi connectivity index (χ1n) is 9.66. The van der Waals surface area contributed by atoms with Crippen LogP contribution in [-0.2, 0) is 19.4 Å². The number of nitrogens with one attached hydrogen (secondary N) is 1. The first kappa shape index (κ1) is 17.4. The van der Waals surface area contributed by atoms with Crippen LogP contribution in [-0.4, -0.2) is 51.2 Å². The van der Waals surface area contributed by atoms with Crippen LogP contribution in [0.25, 0.3) is 0 Å². The minimum absolute atomic E-state index is 0.0591. The summed E-state index contributed by atoms with van der Waals surface area (Å²) in [5.41, 5.74) is 4.46. The van der Waals surface area contributed by atoms with Crippen LogP contribution in [0.15, 0.2) is 6.33 Å². The number of H-pyrrole nitrogens is 1. The van der Waals surface area contributed by atoms with E-state index in [4.69, 9.17) is 0 Å². The van der Waals surface area contributed by atoms with Crippen LogP contribution in [0.4, 0.5) is 10.2 Å². The van der Waals surface area contributed by atoms with Gasteiger partial charge < -0.3 is 4.90 Å². The molecule has 0 bridgehead atoms. The fourth-order valence-electron chi connectivity index (χ4n) is 4.01. The van der Waals surface area contributed by atoms with Gasteiger partial charge in [-0.25, -0.2) is 14.4 Å². The summed E-state index contributed by atoms with van der Waals surface area (Å²) in [6, 6.07) is 0. The summed E-state index contributed by atoms with van der Waals surface area (Å²) in [5, 5.41) is 7.77. The molecule has 0 radical (unpaired) electrons. The van der Waals surface area contributed by atoms with Gasteiger partial charge in [-0.1, -0.05) is 13.8 Å².